The van der Waals surface area contributed by atoms with Gasteiger partial charge in [-0.1, -0.05) is 0 Å². The summed E-state index contributed by atoms with van der Waals surface area (Å²) in [7, 11) is 0. The first-order chi connectivity index (χ1) is 19.3. The van der Waals surface area contributed by atoms with E-state index in [4.69, 9.17) is 14.6 Å². The van der Waals surface area contributed by atoms with E-state index in [1.807, 2.05) is 0 Å². The van der Waals surface area contributed by atoms with Crippen molar-refractivity contribution in [3.63, 3.8) is 0 Å². The molecule has 2 aromatic heterocycles. The Morgan fingerprint density at radius 2 is 1.82 bits per heavy atom. The predicted octanol–water partition coefficient (Wildman–Crippen LogP) is 3.85. The van der Waals surface area contributed by atoms with Crippen molar-refractivity contribution in [1.29, 1.82) is 0 Å². The Balaban J connectivity index is 1.44. The van der Waals surface area contributed by atoms with Crippen LogP contribution in [0.4, 0.5) is 24.8 Å². The number of aliphatic hydroxyl groups is 1. The molecule has 208 valence electrons. The van der Waals surface area contributed by atoms with Gasteiger partial charge in [-0.3, -0.25) is 4.79 Å². The molecule has 5 rings (SSSR count). The number of hydrogen-bond donors (Lipinski definition) is 4. The lowest BCUT2D eigenvalue weighted by molar-refractivity contribution is -0.231. The summed E-state index contributed by atoms with van der Waals surface area (Å²) < 4.78 is 52.4. The van der Waals surface area contributed by atoms with Crippen LogP contribution in [0, 0.1) is 22.9 Å². The highest BCUT2D eigenvalue weighted by molar-refractivity contribution is 5.82. The summed E-state index contributed by atoms with van der Waals surface area (Å²) in [6.45, 7) is 1.69. The Morgan fingerprint density at radius 1 is 1.07 bits per heavy atom. The number of H-pyrrole nitrogens is 1. The number of aromatic amines is 1. The molecule has 0 spiro atoms. The molecule has 1 fully saturated rings. The van der Waals surface area contributed by atoms with Crippen LogP contribution in [0.1, 0.15) is 19.0 Å². The molecule has 0 atom stereocenters. The van der Waals surface area contributed by atoms with Crippen LogP contribution in [0.2, 0.25) is 0 Å². The molecule has 0 radical (unpaired) electrons. The topological polar surface area (TPSA) is 134 Å². The van der Waals surface area contributed by atoms with Gasteiger partial charge in [0, 0.05) is 30.1 Å². The Hall–Kier alpha value is -4.33. The minimum absolute atomic E-state index is 0.0344. The number of imidazole rings is 1. The summed E-state index contributed by atoms with van der Waals surface area (Å²) in [6, 6.07) is 10.7. The number of carbonyl (C=O) groups excluding carboxylic acids is 1. The van der Waals surface area contributed by atoms with E-state index in [0.29, 0.717) is 28.5 Å². The van der Waals surface area contributed by atoms with Crippen LogP contribution >= 0.6 is 0 Å². The van der Waals surface area contributed by atoms with Crippen molar-refractivity contribution in [2.24, 2.45) is 5.41 Å². The molecule has 4 aromatic rings. The molecular formula is C27H25F3N6O4. The van der Waals surface area contributed by atoms with Gasteiger partial charge in [0.1, 0.15) is 5.82 Å². The Morgan fingerprint density at radius 3 is 2.52 bits per heavy atom. The molecule has 1 saturated heterocycles. The van der Waals surface area contributed by atoms with Gasteiger partial charge in [0.15, 0.2) is 17.5 Å². The van der Waals surface area contributed by atoms with Crippen LogP contribution in [-0.4, -0.2) is 57.3 Å². The maximum atomic E-state index is 13.7. The monoisotopic (exact) mass is 554 g/mol. The first-order valence-electron chi connectivity index (χ1n) is 12.3. The molecule has 0 saturated carbocycles. The highest BCUT2D eigenvalue weighted by Crippen LogP contribution is 2.35. The maximum Gasteiger partial charge on any atom is 0.230 e. The molecule has 40 heavy (non-hydrogen) atoms. The number of benzene rings is 2. The summed E-state index contributed by atoms with van der Waals surface area (Å²) in [5.74, 6) is -2.33. The lowest BCUT2D eigenvalue weighted by atomic mass is 9.91. The second-order valence-corrected chi connectivity index (χ2v) is 9.37. The SMILES string of the molecule is CC1(C(=O)NCCO)COC(c2nc(-c3ccc(F)cc3)c(-c3ccnc(Nc4ccc(F)c(F)c4)n3)[nH]2)OC1. The number of nitrogens with zero attached hydrogens (tertiary/aromatic N) is 3. The molecule has 1 amide bonds. The minimum atomic E-state index is -1.02. The second-order valence-electron chi connectivity index (χ2n) is 9.37. The lowest BCUT2D eigenvalue weighted by Crippen LogP contribution is -2.49. The molecule has 4 N–H and O–H groups in total. The normalized spacial score (nSPS) is 18.9. The number of aromatic nitrogens is 4. The molecule has 2 aromatic carbocycles. The molecule has 13 heteroatoms. The van der Waals surface area contributed by atoms with E-state index < -0.39 is 29.2 Å². The molecule has 1 aliphatic rings. The van der Waals surface area contributed by atoms with Crippen molar-refractivity contribution in [3.05, 3.63) is 78.0 Å². The van der Waals surface area contributed by atoms with E-state index in [-0.39, 0.29) is 43.9 Å². The van der Waals surface area contributed by atoms with Crippen LogP contribution in [0.15, 0.2) is 54.7 Å². The van der Waals surface area contributed by atoms with Gasteiger partial charge in [-0.05, 0) is 49.4 Å². The Kier molecular flexibility index (Phi) is 7.78. The first-order valence-corrected chi connectivity index (χ1v) is 12.3. The number of amides is 1. The number of halogens is 3. The van der Waals surface area contributed by atoms with Crippen LogP contribution in [-0.2, 0) is 14.3 Å². The fourth-order valence-corrected chi connectivity index (χ4v) is 4.05. The molecule has 0 unspecified atom stereocenters. The molecule has 1 aliphatic heterocycles. The smallest absolute Gasteiger partial charge is 0.230 e. The fraction of sp³-hybridized carbons (Fsp3) is 0.259. The zero-order valence-electron chi connectivity index (χ0n) is 21.2. The largest absolute Gasteiger partial charge is 0.395 e. The van der Waals surface area contributed by atoms with E-state index in [2.05, 4.69) is 30.6 Å². The van der Waals surface area contributed by atoms with Crippen LogP contribution in [0.25, 0.3) is 22.6 Å². The van der Waals surface area contributed by atoms with E-state index in [1.165, 1.54) is 24.4 Å². The predicted molar refractivity (Wildman–Crippen MR) is 137 cm³/mol. The number of hydrogen-bond acceptors (Lipinski definition) is 8. The summed E-state index contributed by atoms with van der Waals surface area (Å²) in [4.78, 5) is 28.9. The molecule has 3 heterocycles. The van der Waals surface area contributed by atoms with Gasteiger partial charge < -0.3 is 30.2 Å². The summed E-state index contributed by atoms with van der Waals surface area (Å²) in [5.41, 5.74) is 1.12. The van der Waals surface area contributed by atoms with Crippen molar-refractivity contribution in [2.45, 2.75) is 13.2 Å². The van der Waals surface area contributed by atoms with Crippen LogP contribution in [0.3, 0.4) is 0 Å². The zero-order chi connectivity index (χ0) is 28.3. The summed E-state index contributed by atoms with van der Waals surface area (Å²) in [6.07, 6.45) is 0.539. The molecule has 0 bridgehead atoms. The standard InChI is InChI=1S/C27H25F3N6O4/c1-27(25(38)31-10-11-37)13-39-24(40-14-27)23-35-21(15-2-4-16(28)5-3-15)22(36-23)20-8-9-32-26(34-20)33-17-6-7-18(29)19(30)12-17/h2-9,12,24,37H,10-11,13-14H2,1H3,(H,31,38)(H,35,36)(H,32,33,34). The highest BCUT2D eigenvalue weighted by atomic mass is 19.2. The van der Waals surface area contributed by atoms with E-state index in [9.17, 15) is 18.0 Å². The summed E-state index contributed by atoms with van der Waals surface area (Å²) in [5, 5.41) is 14.4. The number of nitrogens with one attached hydrogen (secondary N) is 3. The van der Waals surface area contributed by atoms with Crippen molar-refractivity contribution >= 4 is 17.5 Å². The average Bonchev–Trinajstić information content (AvgIpc) is 3.40. The Bertz CT molecular complexity index is 1510. The number of ether oxygens (including phenoxy) is 2. The number of aliphatic hydroxyl groups excluding tert-OH is 1. The van der Waals surface area contributed by atoms with Gasteiger partial charge in [0.05, 0.1) is 42.3 Å². The van der Waals surface area contributed by atoms with E-state index in [0.717, 1.165) is 12.1 Å². The van der Waals surface area contributed by atoms with Crippen molar-refractivity contribution in [1.82, 2.24) is 25.3 Å². The van der Waals surface area contributed by atoms with Gasteiger partial charge in [0.2, 0.25) is 18.1 Å². The van der Waals surface area contributed by atoms with Crippen molar-refractivity contribution in [2.75, 3.05) is 31.7 Å². The maximum absolute atomic E-state index is 13.7. The van der Waals surface area contributed by atoms with Crippen molar-refractivity contribution in [3.8, 4) is 22.6 Å². The van der Waals surface area contributed by atoms with Crippen molar-refractivity contribution < 1.29 is 32.5 Å². The van der Waals surface area contributed by atoms with Crippen LogP contribution in [0.5, 0.6) is 0 Å². The Labute approximate surface area is 226 Å². The minimum Gasteiger partial charge on any atom is -0.395 e. The van der Waals surface area contributed by atoms with Gasteiger partial charge in [0.25, 0.3) is 0 Å². The van der Waals surface area contributed by atoms with Gasteiger partial charge >= 0.3 is 0 Å². The average molecular weight is 555 g/mol. The number of anilines is 2. The fourth-order valence-electron chi connectivity index (χ4n) is 4.05. The quantitative estimate of drug-likeness (QED) is 0.258. The number of rotatable bonds is 8. The molecule has 10 nitrogen and oxygen atoms in total. The number of carbonyl (C=O) groups is 1. The summed E-state index contributed by atoms with van der Waals surface area (Å²) >= 11 is 0. The van der Waals surface area contributed by atoms with Crippen LogP contribution < -0.4 is 10.6 Å². The third kappa shape index (κ3) is 5.81. The molecular weight excluding hydrogens is 529 g/mol. The van der Waals surface area contributed by atoms with Gasteiger partial charge in [-0.25, -0.2) is 28.1 Å². The van der Waals surface area contributed by atoms with Gasteiger partial charge in [-0.15, -0.1) is 0 Å². The first kappa shape index (κ1) is 27.2. The third-order valence-electron chi connectivity index (χ3n) is 6.20. The molecule has 0 aliphatic carbocycles. The third-order valence-corrected chi connectivity index (χ3v) is 6.20. The second kappa shape index (κ2) is 11.4. The highest BCUT2D eigenvalue weighted by Gasteiger charge is 2.40. The zero-order valence-corrected chi connectivity index (χ0v) is 21.2. The van der Waals surface area contributed by atoms with E-state index >= 15 is 0 Å². The lowest BCUT2D eigenvalue weighted by Gasteiger charge is -2.35. The van der Waals surface area contributed by atoms with Gasteiger partial charge in [-0.2, -0.15) is 0 Å². The van der Waals surface area contributed by atoms with E-state index in [1.54, 1.807) is 25.1 Å².